The van der Waals surface area contributed by atoms with Crippen molar-refractivity contribution in [2.75, 3.05) is 6.54 Å². The Bertz CT molecular complexity index is 394. The van der Waals surface area contributed by atoms with Crippen LogP contribution in [-0.4, -0.2) is 23.7 Å². The largest absolute Gasteiger partial charge is 0.392 e. The summed E-state index contributed by atoms with van der Waals surface area (Å²) in [5, 5.41) is 12.8. The molecule has 0 fully saturated rings. The topological polar surface area (TPSA) is 49.3 Å². The van der Waals surface area contributed by atoms with Gasteiger partial charge < -0.3 is 10.4 Å². The van der Waals surface area contributed by atoms with Gasteiger partial charge in [0.05, 0.1) is 6.10 Å². The number of carbonyl (C=O) groups is 1. The minimum atomic E-state index is -0.530. The number of aryl methyl sites for hydroxylation is 1. The molecule has 0 unspecified atom stereocenters. The molecule has 0 radical (unpaired) electrons. The zero-order chi connectivity index (χ0) is 12.8. The van der Waals surface area contributed by atoms with Crippen molar-refractivity contribution in [2.24, 2.45) is 0 Å². The van der Waals surface area contributed by atoms with Crippen LogP contribution in [0.4, 0.5) is 0 Å². The van der Waals surface area contributed by atoms with Crippen LogP contribution in [0.25, 0.3) is 0 Å². The van der Waals surface area contributed by atoms with Gasteiger partial charge in [0.15, 0.2) is 0 Å². The molecule has 0 saturated carbocycles. The zero-order valence-electron chi connectivity index (χ0n) is 9.54. The van der Waals surface area contributed by atoms with Gasteiger partial charge in [0.2, 0.25) is 5.91 Å². The maximum atomic E-state index is 11.4. The summed E-state index contributed by atoms with van der Waals surface area (Å²) in [6.07, 6.45) is 0.369. The summed E-state index contributed by atoms with van der Waals surface area (Å²) in [5.74, 6) is -0.100. The van der Waals surface area contributed by atoms with Crippen LogP contribution in [0, 0.1) is 0 Å². The summed E-state index contributed by atoms with van der Waals surface area (Å²) >= 11 is 11.8. The van der Waals surface area contributed by atoms with E-state index in [2.05, 4.69) is 5.32 Å². The second kappa shape index (κ2) is 6.84. The normalized spacial score (nSPS) is 12.2. The lowest BCUT2D eigenvalue weighted by Crippen LogP contribution is -2.30. The predicted molar refractivity (Wildman–Crippen MR) is 69.5 cm³/mol. The average Bonchev–Trinajstić information content (AvgIpc) is 2.25. The lowest BCUT2D eigenvalue weighted by molar-refractivity contribution is -0.121. The van der Waals surface area contributed by atoms with Gasteiger partial charge in [0, 0.05) is 23.0 Å². The number of aliphatic hydroxyl groups is 1. The molecule has 0 aliphatic carbocycles. The van der Waals surface area contributed by atoms with E-state index in [0.29, 0.717) is 22.9 Å². The van der Waals surface area contributed by atoms with Crippen LogP contribution in [0.2, 0.25) is 10.0 Å². The van der Waals surface area contributed by atoms with Crippen LogP contribution >= 0.6 is 23.2 Å². The Morgan fingerprint density at radius 1 is 1.47 bits per heavy atom. The second-order valence-corrected chi connectivity index (χ2v) is 4.73. The van der Waals surface area contributed by atoms with E-state index in [1.165, 1.54) is 0 Å². The summed E-state index contributed by atoms with van der Waals surface area (Å²) in [4.78, 5) is 11.4. The molecule has 3 nitrogen and oxygen atoms in total. The Balaban J connectivity index is 2.42. The minimum absolute atomic E-state index is 0.100. The van der Waals surface area contributed by atoms with Crippen molar-refractivity contribution in [3.8, 4) is 0 Å². The Kier molecular flexibility index (Phi) is 5.75. The van der Waals surface area contributed by atoms with Crippen LogP contribution in [-0.2, 0) is 11.2 Å². The molecule has 94 valence electrons. The predicted octanol–water partition coefficient (Wildman–Crippen LogP) is 2.42. The van der Waals surface area contributed by atoms with Gasteiger partial charge in [-0.05, 0) is 31.0 Å². The zero-order valence-corrected chi connectivity index (χ0v) is 11.1. The first-order valence-electron chi connectivity index (χ1n) is 5.37. The van der Waals surface area contributed by atoms with Gasteiger partial charge in [0.1, 0.15) is 0 Å². The summed E-state index contributed by atoms with van der Waals surface area (Å²) in [7, 11) is 0. The molecular formula is C12H15Cl2NO2. The molecule has 1 rings (SSSR count). The number of aliphatic hydroxyl groups excluding tert-OH is 1. The third kappa shape index (κ3) is 5.39. The van der Waals surface area contributed by atoms with Crippen molar-refractivity contribution in [2.45, 2.75) is 25.9 Å². The number of benzene rings is 1. The lowest BCUT2D eigenvalue weighted by Gasteiger charge is -2.08. The molecule has 0 spiro atoms. The molecule has 1 aromatic carbocycles. The molecule has 1 amide bonds. The summed E-state index contributed by atoms with van der Waals surface area (Å²) in [6, 6.07) is 5.22. The number of amides is 1. The monoisotopic (exact) mass is 275 g/mol. The summed E-state index contributed by atoms with van der Waals surface area (Å²) < 4.78 is 0. The van der Waals surface area contributed by atoms with Crippen molar-refractivity contribution >= 4 is 29.1 Å². The SMILES string of the molecule is C[C@H](O)CNC(=O)CCc1ccc(Cl)cc1Cl. The van der Waals surface area contributed by atoms with Crippen molar-refractivity contribution in [1.29, 1.82) is 0 Å². The smallest absolute Gasteiger partial charge is 0.220 e. The number of hydrogen-bond donors (Lipinski definition) is 2. The highest BCUT2D eigenvalue weighted by Gasteiger charge is 2.06. The molecule has 17 heavy (non-hydrogen) atoms. The third-order valence-corrected chi connectivity index (χ3v) is 2.82. The number of nitrogens with one attached hydrogen (secondary N) is 1. The van der Waals surface area contributed by atoms with Gasteiger partial charge in [0.25, 0.3) is 0 Å². The van der Waals surface area contributed by atoms with Crippen molar-refractivity contribution in [3.63, 3.8) is 0 Å². The molecule has 1 atom stereocenters. The van der Waals surface area contributed by atoms with Gasteiger partial charge in [-0.25, -0.2) is 0 Å². The second-order valence-electron chi connectivity index (χ2n) is 3.89. The van der Waals surface area contributed by atoms with E-state index in [4.69, 9.17) is 28.3 Å². The highest BCUT2D eigenvalue weighted by Crippen LogP contribution is 2.21. The van der Waals surface area contributed by atoms with Crippen LogP contribution in [0.1, 0.15) is 18.9 Å². The molecule has 0 heterocycles. The summed E-state index contributed by atoms with van der Waals surface area (Å²) in [6.45, 7) is 1.89. The van der Waals surface area contributed by atoms with Crippen LogP contribution in [0.5, 0.6) is 0 Å². The molecule has 1 aromatic rings. The molecule has 5 heteroatoms. The average molecular weight is 276 g/mol. The van der Waals surface area contributed by atoms with Crippen molar-refractivity contribution in [1.82, 2.24) is 5.32 Å². The van der Waals surface area contributed by atoms with Gasteiger partial charge >= 0.3 is 0 Å². The van der Waals surface area contributed by atoms with Gasteiger partial charge in [-0.1, -0.05) is 29.3 Å². The van der Waals surface area contributed by atoms with E-state index in [1.54, 1.807) is 19.1 Å². The third-order valence-electron chi connectivity index (χ3n) is 2.23. The fraction of sp³-hybridized carbons (Fsp3) is 0.417. The van der Waals surface area contributed by atoms with Gasteiger partial charge in [-0.3, -0.25) is 4.79 Å². The molecule has 0 bridgehead atoms. The van der Waals surface area contributed by atoms with E-state index < -0.39 is 6.10 Å². The van der Waals surface area contributed by atoms with Gasteiger partial charge in [-0.2, -0.15) is 0 Å². The Morgan fingerprint density at radius 2 is 2.18 bits per heavy atom. The molecule has 0 saturated heterocycles. The summed E-state index contributed by atoms with van der Waals surface area (Å²) in [5.41, 5.74) is 0.892. The maximum absolute atomic E-state index is 11.4. The minimum Gasteiger partial charge on any atom is -0.392 e. The quantitative estimate of drug-likeness (QED) is 0.867. The lowest BCUT2D eigenvalue weighted by atomic mass is 10.1. The Hall–Kier alpha value is -0.770. The maximum Gasteiger partial charge on any atom is 0.220 e. The molecule has 0 aliphatic heterocycles. The molecule has 2 N–H and O–H groups in total. The van der Waals surface area contributed by atoms with Crippen molar-refractivity contribution < 1.29 is 9.90 Å². The Morgan fingerprint density at radius 3 is 2.76 bits per heavy atom. The van der Waals surface area contributed by atoms with Crippen LogP contribution in [0.3, 0.4) is 0 Å². The molecular weight excluding hydrogens is 261 g/mol. The number of rotatable bonds is 5. The van der Waals surface area contributed by atoms with E-state index in [-0.39, 0.29) is 12.5 Å². The Labute approximate surface area is 111 Å². The number of halogens is 2. The number of carbonyl (C=O) groups excluding carboxylic acids is 1. The van der Waals surface area contributed by atoms with E-state index >= 15 is 0 Å². The van der Waals surface area contributed by atoms with Crippen LogP contribution < -0.4 is 5.32 Å². The van der Waals surface area contributed by atoms with E-state index in [9.17, 15) is 4.79 Å². The highest BCUT2D eigenvalue weighted by molar-refractivity contribution is 6.35. The fourth-order valence-corrected chi connectivity index (χ4v) is 1.83. The first-order valence-corrected chi connectivity index (χ1v) is 6.13. The standard InChI is InChI=1S/C12H15Cl2NO2/c1-8(16)7-15-12(17)5-3-9-2-4-10(13)6-11(9)14/h2,4,6,8,16H,3,5,7H2,1H3,(H,15,17)/t8-/m0/s1. The van der Waals surface area contributed by atoms with E-state index in [0.717, 1.165) is 5.56 Å². The van der Waals surface area contributed by atoms with Crippen LogP contribution in [0.15, 0.2) is 18.2 Å². The first kappa shape index (κ1) is 14.3. The number of hydrogen-bond acceptors (Lipinski definition) is 2. The van der Waals surface area contributed by atoms with Gasteiger partial charge in [-0.15, -0.1) is 0 Å². The van der Waals surface area contributed by atoms with E-state index in [1.807, 2.05) is 6.07 Å². The highest BCUT2D eigenvalue weighted by atomic mass is 35.5. The fourth-order valence-electron chi connectivity index (χ4n) is 1.32. The molecule has 0 aliphatic rings. The molecule has 0 aromatic heterocycles. The van der Waals surface area contributed by atoms with Crippen molar-refractivity contribution in [3.05, 3.63) is 33.8 Å². The first-order chi connectivity index (χ1) is 7.99.